The Morgan fingerprint density at radius 2 is 1.57 bits per heavy atom. The van der Waals surface area contributed by atoms with Crippen LogP contribution in [0.1, 0.15) is 12.8 Å². The first-order valence-electron chi connectivity index (χ1n) is 7.06. The van der Waals surface area contributed by atoms with Crippen molar-refractivity contribution in [2.24, 2.45) is 0 Å². The lowest BCUT2D eigenvalue weighted by Gasteiger charge is -2.20. The molecule has 6 heteroatoms. The van der Waals surface area contributed by atoms with Crippen LogP contribution in [-0.2, 0) is 4.74 Å². The van der Waals surface area contributed by atoms with Gasteiger partial charge in [-0.25, -0.2) is 0 Å². The van der Waals surface area contributed by atoms with Crippen LogP contribution < -0.4 is 0 Å². The van der Waals surface area contributed by atoms with Crippen molar-refractivity contribution < 1.29 is 30.3 Å². The predicted octanol–water partition coefficient (Wildman–Crippen LogP) is 3.58. The van der Waals surface area contributed by atoms with Crippen LogP contribution in [0.3, 0.4) is 0 Å². The van der Waals surface area contributed by atoms with Crippen molar-refractivity contribution in [3.8, 4) is 0 Å². The van der Waals surface area contributed by atoms with Gasteiger partial charge in [-0.1, -0.05) is 6.08 Å². The van der Waals surface area contributed by atoms with Gasteiger partial charge in [-0.2, -0.15) is 0 Å². The molecule has 0 spiro atoms. The first kappa shape index (κ1) is 14.9. The van der Waals surface area contributed by atoms with Gasteiger partial charge in [0, 0.05) is 5.57 Å². The Hall–Kier alpha value is -3.02. The van der Waals surface area contributed by atoms with Crippen LogP contribution in [0.5, 0.6) is 0 Å². The third kappa shape index (κ3) is 2.70. The molecule has 3 aliphatic rings. The van der Waals surface area contributed by atoms with E-state index in [1.807, 2.05) is 6.08 Å². The van der Waals surface area contributed by atoms with Crippen molar-refractivity contribution in [2.45, 2.75) is 12.8 Å². The number of rotatable bonds is 1. The molecule has 0 aromatic carbocycles. The van der Waals surface area contributed by atoms with Crippen molar-refractivity contribution in [3.05, 3.63) is 81.7 Å². The van der Waals surface area contributed by atoms with Gasteiger partial charge in [-0.15, -0.1) is 0 Å². The number of ether oxygens (including phenoxy) is 1. The molecule has 0 radical (unpaired) electrons. The Morgan fingerprint density at radius 1 is 0.783 bits per heavy atom. The Bertz CT molecular complexity index is 771. The fraction of sp³-hybridized carbons (Fsp3) is 0.176. The van der Waals surface area contributed by atoms with Gasteiger partial charge in [0.25, 0.3) is 0 Å². The van der Waals surface area contributed by atoms with Crippen molar-refractivity contribution >= 4 is 0 Å². The minimum Gasteiger partial charge on any atom is -0.504 e. The average Bonchev–Trinajstić information content (AvgIpc) is 2.77. The number of hydrogen-bond acceptors (Lipinski definition) is 6. The van der Waals surface area contributed by atoms with Gasteiger partial charge in [0.2, 0.25) is 11.5 Å². The van der Waals surface area contributed by atoms with Gasteiger partial charge in [0.1, 0.15) is 6.61 Å². The summed E-state index contributed by atoms with van der Waals surface area (Å²) in [7, 11) is 0. The zero-order valence-corrected chi connectivity index (χ0v) is 12.2. The third-order valence-corrected chi connectivity index (χ3v) is 3.78. The van der Waals surface area contributed by atoms with Gasteiger partial charge in [0.05, 0.1) is 0 Å². The number of aliphatic hydroxyl groups excluding tert-OH is 5. The smallest absolute Gasteiger partial charge is 0.204 e. The molecule has 0 aromatic rings. The van der Waals surface area contributed by atoms with E-state index in [2.05, 4.69) is 0 Å². The molecular formula is C17H16O6. The lowest BCUT2D eigenvalue weighted by atomic mass is 9.98. The molecule has 120 valence electrons. The van der Waals surface area contributed by atoms with Crippen LogP contribution in [0, 0.1) is 0 Å². The van der Waals surface area contributed by atoms with Crippen molar-refractivity contribution in [3.63, 3.8) is 0 Å². The molecule has 0 atom stereocenters. The van der Waals surface area contributed by atoms with Gasteiger partial charge in [0.15, 0.2) is 23.0 Å². The molecule has 0 amide bonds. The Labute approximate surface area is 132 Å². The highest BCUT2D eigenvalue weighted by Gasteiger charge is 2.25. The van der Waals surface area contributed by atoms with Gasteiger partial charge >= 0.3 is 0 Å². The predicted molar refractivity (Wildman–Crippen MR) is 82.8 cm³/mol. The summed E-state index contributed by atoms with van der Waals surface area (Å²) in [5, 5.41) is 48.5. The minimum atomic E-state index is -0.618. The molecule has 6 nitrogen and oxygen atoms in total. The molecule has 0 saturated carbocycles. The molecule has 0 fully saturated rings. The summed E-state index contributed by atoms with van der Waals surface area (Å²) in [5.74, 6) is -1.82. The molecule has 0 bridgehead atoms. The molecule has 0 saturated heterocycles. The first-order valence-corrected chi connectivity index (χ1v) is 7.06. The molecule has 5 N–H and O–H groups in total. The molecule has 3 rings (SSSR count). The number of aliphatic hydroxyl groups is 5. The highest BCUT2D eigenvalue weighted by Crippen LogP contribution is 2.33. The second kappa shape index (κ2) is 5.64. The highest BCUT2D eigenvalue weighted by atomic mass is 16.5. The van der Waals surface area contributed by atoms with Gasteiger partial charge in [-0.3, -0.25) is 0 Å². The summed E-state index contributed by atoms with van der Waals surface area (Å²) in [5.41, 5.74) is 2.04. The summed E-state index contributed by atoms with van der Waals surface area (Å²) in [6.07, 6.45) is 8.64. The van der Waals surface area contributed by atoms with E-state index in [0.29, 0.717) is 17.6 Å². The highest BCUT2D eigenvalue weighted by molar-refractivity contribution is 5.52. The standard InChI is InChI=1S/C17H16O6/c18-12-3-1-2-9(7-14(12)20)11-6-10-4-5-13(19)15(21)16(22)17(10)23-8-11/h2-3,5-7,18-22H,1,4,8H2. The molecular weight excluding hydrogens is 300 g/mol. The van der Waals surface area contributed by atoms with Crippen LogP contribution >= 0.6 is 0 Å². The zero-order chi connectivity index (χ0) is 16.6. The lowest BCUT2D eigenvalue weighted by Crippen LogP contribution is -2.11. The molecule has 0 aromatic heterocycles. The van der Waals surface area contributed by atoms with Crippen molar-refractivity contribution in [2.75, 3.05) is 6.61 Å². The fourth-order valence-corrected chi connectivity index (χ4v) is 2.54. The first-order chi connectivity index (χ1) is 11.0. The SMILES string of the molecule is OC1=CCC=C(C2=CC3=C(OC2)C(O)=C(O)C(O)=CC3)C=C1O. The normalized spacial score (nSPS) is 21.8. The van der Waals surface area contributed by atoms with E-state index in [0.717, 1.165) is 5.57 Å². The average molecular weight is 316 g/mol. The Kier molecular flexibility index (Phi) is 3.65. The zero-order valence-electron chi connectivity index (χ0n) is 12.2. The second-order valence-corrected chi connectivity index (χ2v) is 5.32. The van der Waals surface area contributed by atoms with Gasteiger partial charge in [-0.05, 0) is 48.3 Å². The summed E-state index contributed by atoms with van der Waals surface area (Å²) < 4.78 is 5.53. The minimum absolute atomic E-state index is 0.118. The Balaban J connectivity index is 1.99. The van der Waals surface area contributed by atoms with Crippen LogP contribution in [-0.4, -0.2) is 32.1 Å². The van der Waals surface area contributed by atoms with Crippen LogP contribution in [0.15, 0.2) is 81.7 Å². The second-order valence-electron chi connectivity index (χ2n) is 5.32. The maximum absolute atomic E-state index is 9.95. The monoisotopic (exact) mass is 316 g/mol. The van der Waals surface area contributed by atoms with Crippen LogP contribution in [0.2, 0.25) is 0 Å². The molecule has 2 aliphatic carbocycles. The van der Waals surface area contributed by atoms with E-state index in [4.69, 9.17) is 4.74 Å². The summed E-state index contributed by atoms with van der Waals surface area (Å²) >= 11 is 0. The maximum Gasteiger partial charge on any atom is 0.204 e. The number of hydrogen-bond donors (Lipinski definition) is 5. The van der Waals surface area contributed by atoms with Crippen molar-refractivity contribution in [1.29, 1.82) is 0 Å². The molecule has 23 heavy (non-hydrogen) atoms. The number of allylic oxidation sites excluding steroid dienone is 6. The van der Waals surface area contributed by atoms with E-state index in [1.165, 1.54) is 18.2 Å². The van der Waals surface area contributed by atoms with Crippen LogP contribution in [0.25, 0.3) is 0 Å². The fourth-order valence-electron chi connectivity index (χ4n) is 2.54. The molecule has 1 aliphatic heterocycles. The topological polar surface area (TPSA) is 110 Å². The van der Waals surface area contributed by atoms with Crippen LogP contribution in [0.4, 0.5) is 0 Å². The summed E-state index contributed by atoms with van der Waals surface area (Å²) in [4.78, 5) is 0. The quantitative estimate of drug-likeness (QED) is 0.505. The van der Waals surface area contributed by atoms with E-state index < -0.39 is 17.3 Å². The van der Waals surface area contributed by atoms with E-state index in [9.17, 15) is 25.5 Å². The molecule has 1 heterocycles. The summed E-state index contributed by atoms with van der Waals surface area (Å²) in [6.45, 7) is 0.118. The van der Waals surface area contributed by atoms with Crippen molar-refractivity contribution in [1.82, 2.24) is 0 Å². The Morgan fingerprint density at radius 3 is 2.35 bits per heavy atom. The largest absolute Gasteiger partial charge is 0.504 e. The third-order valence-electron chi connectivity index (χ3n) is 3.78. The maximum atomic E-state index is 9.95. The van der Waals surface area contributed by atoms with E-state index >= 15 is 0 Å². The summed E-state index contributed by atoms with van der Waals surface area (Å²) in [6, 6.07) is 0. The van der Waals surface area contributed by atoms with Gasteiger partial charge < -0.3 is 30.3 Å². The van der Waals surface area contributed by atoms with E-state index in [1.54, 1.807) is 6.08 Å². The lowest BCUT2D eigenvalue weighted by molar-refractivity contribution is 0.196. The molecule has 0 unspecified atom stereocenters. The van der Waals surface area contributed by atoms with E-state index in [-0.39, 0.29) is 30.3 Å².